The Balaban J connectivity index is 1.83. The summed E-state index contributed by atoms with van der Waals surface area (Å²) >= 11 is 3.47. The van der Waals surface area contributed by atoms with Gasteiger partial charge in [0.15, 0.2) is 0 Å². The van der Waals surface area contributed by atoms with E-state index in [4.69, 9.17) is 0 Å². The molecule has 1 atom stereocenters. The van der Waals surface area contributed by atoms with Crippen molar-refractivity contribution in [1.29, 1.82) is 0 Å². The number of urea groups is 1. The lowest BCUT2D eigenvalue weighted by Crippen LogP contribution is -2.44. The third-order valence-corrected chi connectivity index (χ3v) is 4.97. The quantitative estimate of drug-likeness (QED) is 0.836. The minimum Gasteiger partial charge on any atom is -0.345 e. The van der Waals surface area contributed by atoms with E-state index in [0.29, 0.717) is 0 Å². The van der Waals surface area contributed by atoms with Crippen molar-refractivity contribution >= 4 is 27.6 Å². The molecule has 22 heavy (non-hydrogen) atoms. The average Bonchev–Trinajstić information content (AvgIpc) is 2.90. The monoisotopic (exact) mass is 361 g/mol. The average molecular weight is 362 g/mol. The first kappa shape index (κ1) is 15.2. The van der Waals surface area contributed by atoms with Gasteiger partial charge in [-0.15, -0.1) is 0 Å². The number of aryl methyl sites for hydroxylation is 1. The molecule has 3 rings (SSSR count). The summed E-state index contributed by atoms with van der Waals surface area (Å²) in [6.45, 7) is 5.83. The summed E-state index contributed by atoms with van der Waals surface area (Å²) in [5, 5.41) is 3.01. The Morgan fingerprint density at radius 1 is 1.27 bits per heavy atom. The summed E-state index contributed by atoms with van der Waals surface area (Å²) < 4.78 is 3.21. The smallest absolute Gasteiger partial charge is 0.322 e. The molecule has 0 fully saturated rings. The largest absolute Gasteiger partial charge is 0.345 e. The Hall–Kier alpha value is -1.75. The Morgan fingerprint density at radius 3 is 2.77 bits per heavy atom. The Labute approximate surface area is 139 Å². The number of rotatable bonds is 2. The van der Waals surface area contributed by atoms with E-state index in [9.17, 15) is 4.79 Å². The van der Waals surface area contributed by atoms with Crippen LogP contribution in [0.3, 0.4) is 0 Å². The molecule has 0 saturated carbocycles. The summed E-state index contributed by atoms with van der Waals surface area (Å²) in [5.41, 5.74) is 3.30. The number of para-hydroxylation sites is 1. The number of carbonyl (C=O) groups is 1. The van der Waals surface area contributed by atoms with Gasteiger partial charge >= 0.3 is 6.03 Å². The Bertz CT molecular complexity index is 695. The first-order chi connectivity index (χ1) is 10.6. The summed E-state index contributed by atoms with van der Waals surface area (Å²) in [6, 6.07) is 12.0. The topological polar surface area (TPSA) is 37.3 Å². The number of aromatic nitrogens is 1. The lowest BCUT2D eigenvalue weighted by atomic mass is 10.1. The molecule has 116 valence electrons. The van der Waals surface area contributed by atoms with Crippen LogP contribution in [0.25, 0.3) is 0 Å². The maximum absolute atomic E-state index is 12.7. The third-order valence-electron chi connectivity index (χ3n) is 4.28. The van der Waals surface area contributed by atoms with E-state index in [-0.39, 0.29) is 12.1 Å². The van der Waals surface area contributed by atoms with E-state index in [1.165, 1.54) is 11.4 Å². The fraction of sp³-hybridized carbons (Fsp3) is 0.353. The van der Waals surface area contributed by atoms with E-state index < -0.39 is 0 Å². The molecule has 5 heteroatoms. The van der Waals surface area contributed by atoms with Crippen molar-refractivity contribution in [2.45, 2.75) is 32.9 Å². The van der Waals surface area contributed by atoms with Gasteiger partial charge in [-0.1, -0.05) is 19.1 Å². The van der Waals surface area contributed by atoms with Gasteiger partial charge in [-0.2, -0.15) is 0 Å². The van der Waals surface area contributed by atoms with Crippen LogP contribution in [0.2, 0.25) is 0 Å². The number of fused-ring (bicyclic) bond motifs is 1. The molecular weight excluding hydrogens is 342 g/mol. The second-order valence-corrected chi connectivity index (χ2v) is 6.43. The predicted octanol–water partition coefficient (Wildman–Crippen LogP) is 4.56. The summed E-state index contributed by atoms with van der Waals surface area (Å²) in [7, 11) is 0. The van der Waals surface area contributed by atoms with Gasteiger partial charge in [0.1, 0.15) is 0 Å². The van der Waals surface area contributed by atoms with E-state index >= 15 is 0 Å². The Kier molecular flexibility index (Phi) is 4.25. The number of nitrogens with zero attached hydrogens (tertiary/aromatic N) is 2. The minimum absolute atomic E-state index is 0.0381. The summed E-state index contributed by atoms with van der Waals surface area (Å²) in [5.74, 6) is 0. The maximum Gasteiger partial charge on any atom is 0.322 e. The predicted molar refractivity (Wildman–Crippen MR) is 92.1 cm³/mol. The lowest BCUT2D eigenvalue weighted by molar-refractivity contribution is 0.165. The van der Waals surface area contributed by atoms with Gasteiger partial charge in [-0.25, -0.2) is 4.79 Å². The van der Waals surface area contributed by atoms with Crippen molar-refractivity contribution in [2.75, 3.05) is 11.9 Å². The van der Waals surface area contributed by atoms with Gasteiger partial charge in [-0.05, 0) is 53.5 Å². The van der Waals surface area contributed by atoms with Gasteiger partial charge in [0.05, 0.1) is 11.7 Å². The number of halogens is 1. The van der Waals surface area contributed by atoms with Crippen molar-refractivity contribution in [3.05, 3.63) is 52.3 Å². The number of amides is 2. The van der Waals surface area contributed by atoms with Crippen molar-refractivity contribution in [1.82, 2.24) is 9.47 Å². The van der Waals surface area contributed by atoms with E-state index in [2.05, 4.69) is 51.8 Å². The molecule has 1 aromatic carbocycles. The molecule has 0 unspecified atom stereocenters. The van der Waals surface area contributed by atoms with Crippen LogP contribution in [-0.4, -0.2) is 22.0 Å². The zero-order chi connectivity index (χ0) is 15.7. The molecule has 0 aliphatic carbocycles. The first-order valence-electron chi connectivity index (χ1n) is 7.60. The molecule has 4 nitrogen and oxygen atoms in total. The third kappa shape index (κ3) is 2.65. The molecule has 0 saturated heterocycles. The van der Waals surface area contributed by atoms with Crippen LogP contribution in [0.5, 0.6) is 0 Å². The summed E-state index contributed by atoms with van der Waals surface area (Å²) in [4.78, 5) is 14.6. The molecule has 1 aliphatic rings. The zero-order valence-electron chi connectivity index (χ0n) is 12.8. The fourth-order valence-corrected chi connectivity index (χ4v) is 3.52. The van der Waals surface area contributed by atoms with Crippen molar-refractivity contribution in [3.63, 3.8) is 0 Å². The van der Waals surface area contributed by atoms with Crippen LogP contribution in [0.1, 0.15) is 30.8 Å². The fourth-order valence-electron chi connectivity index (χ4n) is 3.13. The van der Waals surface area contributed by atoms with E-state index in [1.54, 1.807) is 0 Å². The van der Waals surface area contributed by atoms with E-state index in [0.717, 1.165) is 29.7 Å². The van der Waals surface area contributed by atoms with Crippen LogP contribution in [0, 0.1) is 6.92 Å². The van der Waals surface area contributed by atoms with Gasteiger partial charge < -0.3 is 14.8 Å². The van der Waals surface area contributed by atoms with Gasteiger partial charge in [0.25, 0.3) is 0 Å². The number of hydrogen-bond donors (Lipinski definition) is 1. The van der Waals surface area contributed by atoms with E-state index in [1.807, 2.05) is 29.2 Å². The van der Waals surface area contributed by atoms with Crippen molar-refractivity contribution in [3.8, 4) is 0 Å². The first-order valence-corrected chi connectivity index (χ1v) is 8.39. The number of anilines is 1. The summed E-state index contributed by atoms with van der Waals surface area (Å²) in [6.07, 6.45) is 0.910. The number of nitrogens with one attached hydrogen (secondary N) is 1. The zero-order valence-corrected chi connectivity index (χ0v) is 14.4. The number of carbonyl (C=O) groups excluding carboxylic acids is 1. The molecule has 1 aliphatic heterocycles. The molecular formula is C17H20BrN3O. The van der Waals surface area contributed by atoms with Crippen LogP contribution >= 0.6 is 15.9 Å². The number of benzene rings is 1. The highest BCUT2D eigenvalue weighted by Crippen LogP contribution is 2.31. The van der Waals surface area contributed by atoms with Gasteiger partial charge in [0, 0.05) is 29.0 Å². The molecule has 1 aromatic heterocycles. The molecule has 2 heterocycles. The van der Waals surface area contributed by atoms with Crippen LogP contribution < -0.4 is 5.32 Å². The van der Waals surface area contributed by atoms with Gasteiger partial charge in [0.2, 0.25) is 0 Å². The van der Waals surface area contributed by atoms with Crippen molar-refractivity contribution in [2.24, 2.45) is 0 Å². The standard InChI is InChI=1S/C17H20BrN3O/c1-3-15-16-9-8-12(2)20(16)10-11-21(15)17(22)19-14-7-5-4-6-13(14)18/h4-9,15H,3,10-11H2,1-2H3,(H,19,22)/t15-/m1/s1. The van der Waals surface area contributed by atoms with Crippen LogP contribution in [-0.2, 0) is 6.54 Å². The highest BCUT2D eigenvalue weighted by molar-refractivity contribution is 9.10. The van der Waals surface area contributed by atoms with Crippen LogP contribution in [0.15, 0.2) is 40.9 Å². The number of hydrogen-bond acceptors (Lipinski definition) is 1. The lowest BCUT2D eigenvalue weighted by Gasteiger charge is -2.37. The maximum atomic E-state index is 12.7. The molecule has 0 radical (unpaired) electrons. The molecule has 2 amide bonds. The van der Waals surface area contributed by atoms with Crippen molar-refractivity contribution < 1.29 is 4.79 Å². The second kappa shape index (κ2) is 6.16. The molecule has 2 aromatic rings. The minimum atomic E-state index is -0.0381. The highest BCUT2D eigenvalue weighted by atomic mass is 79.9. The second-order valence-electron chi connectivity index (χ2n) is 5.58. The molecule has 0 spiro atoms. The van der Waals surface area contributed by atoms with Crippen LogP contribution in [0.4, 0.5) is 10.5 Å². The highest BCUT2D eigenvalue weighted by Gasteiger charge is 2.30. The molecule has 1 N–H and O–H groups in total. The SMILES string of the molecule is CC[C@@H]1c2ccc(C)n2CCN1C(=O)Nc1ccccc1Br. The normalized spacial score (nSPS) is 17.2. The Morgan fingerprint density at radius 2 is 2.05 bits per heavy atom. The molecule has 0 bridgehead atoms. The van der Waals surface area contributed by atoms with Gasteiger partial charge in [-0.3, -0.25) is 0 Å².